The summed E-state index contributed by atoms with van der Waals surface area (Å²) in [6.07, 6.45) is 0.551. The molecular formula is C23H21NO6. The SMILES string of the molecule is CCOC(=O)Oc1cc(OC)ccc1C(=O)c1ccc(=O)n(-c2ccccc2C)c1. The number of para-hydroxylation sites is 1. The van der Waals surface area contributed by atoms with Crippen molar-refractivity contribution in [2.24, 2.45) is 0 Å². The van der Waals surface area contributed by atoms with Crippen LogP contribution in [-0.4, -0.2) is 30.2 Å². The first-order valence-electron chi connectivity index (χ1n) is 9.30. The lowest BCUT2D eigenvalue weighted by Gasteiger charge is -2.13. The van der Waals surface area contributed by atoms with Crippen LogP contribution in [0.1, 0.15) is 28.4 Å². The molecule has 0 saturated carbocycles. The minimum Gasteiger partial charge on any atom is -0.497 e. The monoisotopic (exact) mass is 407 g/mol. The Bertz CT molecular complexity index is 1150. The van der Waals surface area contributed by atoms with E-state index in [0.29, 0.717) is 11.4 Å². The van der Waals surface area contributed by atoms with Crippen molar-refractivity contribution < 1.29 is 23.8 Å². The highest BCUT2D eigenvalue weighted by atomic mass is 16.7. The first-order valence-corrected chi connectivity index (χ1v) is 9.30. The second kappa shape index (κ2) is 9.09. The Morgan fingerprint density at radius 3 is 2.50 bits per heavy atom. The molecule has 0 aliphatic rings. The van der Waals surface area contributed by atoms with Crippen LogP contribution in [-0.2, 0) is 4.74 Å². The lowest BCUT2D eigenvalue weighted by atomic mass is 10.0. The van der Waals surface area contributed by atoms with Crippen molar-refractivity contribution in [1.82, 2.24) is 4.57 Å². The molecule has 0 aliphatic carbocycles. The van der Waals surface area contributed by atoms with Gasteiger partial charge in [-0.15, -0.1) is 0 Å². The third kappa shape index (κ3) is 4.41. The van der Waals surface area contributed by atoms with E-state index < -0.39 is 11.9 Å². The predicted molar refractivity (Wildman–Crippen MR) is 111 cm³/mol. The van der Waals surface area contributed by atoms with Crippen LogP contribution in [0, 0.1) is 6.92 Å². The molecule has 3 rings (SSSR count). The van der Waals surface area contributed by atoms with Gasteiger partial charge in [-0.1, -0.05) is 18.2 Å². The van der Waals surface area contributed by atoms with Crippen molar-refractivity contribution in [1.29, 1.82) is 0 Å². The summed E-state index contributed by atoms with van der Waals surface area (Å²) < 4.78 is 16.6. The van der Waals surface area contributed by atoms with E-state index in [1.165, 1.54) is 42.1 Å². The lowest BCUT2D eigenvalue weighted by molar-refractivity contribution is 0.100. The maximum atomic E-state index is 13.2. The summed E-state index contributed by atoms with van der Waals surface area (Å²) in [5.41, 5.74) is 1.70. The van der Waals surface area contributed by atoms with Gasteiger partial charge in [-0.25, -0.2) is 4.79 Å². The quantitative estimate of drug-likeness (QED) is 0.350. The van der Waals surface area contributed by atoms with Crippen molar-refractivity contribution >= 4 is 11.9 Å². The van der Waals surface area contributed by atoms with Crippen molar-refractivity contribution in [2.75, 3.05) is 13.7 Å². The van der Waals surface area contributed by atoms with Gasteiger partial charge in [0.25, 0.3) is 5.56 Å². The van der Waals surface area contributed by atoms with E-state index in [1.807, 2.05) is 25.1 Å². The highest BCUT2D eigenvalue weighted by Gasteiger charge is 2.20. The molecule has 0 atom stereocenters. The number of nitrogens with zero attached hydrogens (tertiary/aromatic N) is 1. The number of pyridine rings is 1. The van der Waals surface area contributed by atoms with Gasteiger partial charge in [-0.2, -0.15) is 0 Å². The molecule has 30 heavy (non-hydrogen) atoms. The average Bonchev–Trinajstić information content (AvgIpc) is 2.74. The van der Waals surface area contributed by atoms with Gasteiger partial charge in [0.2, 0.25) is 0 Å². The number of ketones is 1. The van der Waals surface area contributed by atoms with Gasteiger partial charge in [0.15, 0.2) is 5.78 Å². The molecule has 1 heterocycles. The minimum atomic E-state index is -0.926. The first kappa shape index (κ1) is 20.9. The summed E-state index contributed by atoms with van der Waals surface area (Å²) in [5, 5.41) is 0. The number of hydrogen-bond acceptors (Lipinski definition) is 6. The van der Waals surface area contributed by atoms with Gasteiger partial charge < -0.3 is 14.2 Å². The molecule has 0 fully saturated rings. The Morgan fingerprint density at radius 2 is 1.80 bits per heavy atom. The number of rotatable bonds is 6. The van der Waals surface area contributed by atoms with Gasteiger partial charge in [0.1, 0.15) is 11.5 Å². The van der Waals surface area contributed by atoms with Gasteiger partial charge in [0.05, 0.1) is 25.0 Å². The zero-order chi connectivity index (χ0) is 21.7. The number of ether oxygens (including phenoxy) is 3. The number of hydrogen-bond donors (Lipinski definition) is 0. The van der Waals surface area contributed by atoms with Crippen LogP contribution in [0.2, 0.25) is 0 Å². The van der Waals surface area contributed by atoms with Crippen LogP contribution in [0.5, 0.6) is 11.5 Å². The van der Waals surface area contributed by atoms with E-state index in [4.69, 9.17) is 14.2 Å². The smallest absolute Gasteiger partial charge is 0.497 e. The number of aryl methyl sites for hydroxylation is 1. The number of carbonyl (C=O) groups is 2. The maximum Gasteiger partial charge on any atom is 0.513 e. The summed E-state index contributed by atoms with van der Waals surface area (Å²) >= 11 is 0. The predicted octanol–water partition coefficient (Wildman–Crippen LogP) is 3.92. The van der Waals surface area contributed by atoms with Gasteiger partial charge >= 0.3 is 6.16 Å². The Kier molecular flexibility index (Phi) is 6.32. The van der Waals surface area contributed by atoms with Crippen LogP contribution >= 0.6 is 0 Å². The molecule has 0 N–H and O–H groups in total. The molecule has 7 heteroatoms. The van der Waals surface area contributed by atoms with E-state index in [1.54, 1.807) is 19.1 Å². The number of carbonyl (C=O) groups excluding carboxylic acids is 2. The highest BCUT2D eigenvalue weighted by molar-refractivity contribution is 6.11. The van der Waals surface area contributed by atoms with Crippen molar-refractivity contribution in [3.8, 4) is 17.2 Å². The molecule has 0 aliphatic heterocycles. The van der Waals surface area contributed by atoms with E-state index >= 15 is 0 Å². The first-order chi connectivity index (χ1) is 14.4. The summed E-state index contributed by atoms with van der Waals surface area (Å²) in [5.74, 6) is 0.00135. The molecule has 0 spiro atoms. The molecular weight excluding hydrogens is 386 g/mol. The molecule has 2 aromatic carbocycles. The largest absolute Gasteiger partial charge is 0.513 e. The van der Waals surface area contributed by atoms with Crippen molar-refractivity contribution in [2.45, 2.75) is 13.8 Å². The molecule has 0 saturated heterocycles. The number of aromatic nitrogens is 1. The number of methoxy groups -OCH3 is 1. The maximum absolute atomic E-state index is 13.2. The Balaban J connectivity index is 2.05. The third-order valence-corrected chi connectivity index (χ3v) is 4.44. The molecule has 0 radical (unpaired) electrons. The molecule has 0 bridgehead atoms. The van der Waals surface area contributed by atoms with Gasteiger partial charge in [0, 0.05) is 23.9 Å². The molecule has 7 nitrogen and oxygen atoms in total. The third-order valence-electron chi connectivity index (χ3n) is 4.44. The Hall–Kier alpha value is -3.87. The lowest BCUT2D eigenvalue weighted by Crippen LogP contribution is -2.20. The molecule has 154 valence electrons. The summed E-state index contributed by atoms with van der Waals surface area (Å²) in [4.78, 5) is 37.4. The van der Waals surface area contributed by atoms with Crippen LogP contribution in [0.4, 0.5) is 4.79 Å². The summed E-state index contributed by atoms with van der Waals surface area (Å²) in [6, 6.07) is 14.7. The zero-order valence-electron chi connectivity index (χ0n) is 16.9. The van der Waals surface area contributed by atoms with Crippen LogP contribution < -0.4 is 15.0 Å². The highest BCUT2D eigenvalue weighted by Crippen LogP contribution is 2.27. The summed E-state index contributed by atoms with van der Waals surface area (Å²) in [7, 11) is 1.46. The fourth-order valence-corrected chi connectivity index (χ4v) is 2.94. The molecule has 0 unspecified atom stereocenters. The molecule has 3 aromatic rings. The topological polar surface area (TPSA) is 83.8 Å². The fourth-order valence-electron chi connectivity index (χ4n) is 2.94. The molecule has 0 amide bonds. The van der Waals surface area contributed by atoms with E-state index in [-0.39, 0.29) is 29.0 Å². The average molecular weight is 407 g/mol. The fraction of sp³-hybridized carbons (Fsp3) is 0.174. The van der Waals surface area contributed by atoms with Crippen LogP contribution in [0.25, 0.3) is 5.69 Å². The summed E-state index contributed by atoms with van der Waals surface area (Å²) in [6.45, 7) is 3.66. The Labute approximate surface area is 173 Å². The Morgan fingerprint density at radius 1 is 1.03 bits per heavy atom. The second-order valence-electron chi connectivity index (χ2n) is 6.39. The van der Waals surface area contributed by atoms with E-state index in [2.05, 4.69) is 0 Å². The number of benzene rings is 2. The standard InChI is InChI=1S/C23H21NO6/c1-4-29-23(27)30-20-13-17(28-3)10-11-18(20)22(26)16-9-12-21(25)24(14-16)19-8-6-5-7-15(19)2/h5-14H,4H2,1-3H3. The zero-order valence-corrected chi connectivity index (χ0v) is 16.9. The van der Waals surface area contributed by atoms with Gasteiger partial charge in [-0.3, -0.25) is 14.2 Å². The second-order valence-corrected chi connectivity index (χ2v) is 6.39. The van der Waals surface area contributed by atoms with Crippen LogP contribution in [0.3, 0.4) is 0 Å². The van der Waals surface area contributed by atoms with Crippen molar-refractivity contribution in [3.05, 3.63) is 87.8 Å². The normalized spacial score (nSPS) is 10.4. The van der Waals surface area contributed by atoms with E-state index in [9.17, 15) is 14.4 Å². The van der Waals surface area contributed by atoms with Crippen LogP contribution in [0.15, 0.2) is 65.6 Å². The van der Waals surface area contributed by atoms with E-state index in [0.717, 1.165) is 5.56 Å². The molecule has 1 aromatic heterocycles. The van der Waals surface area contributed by atoms with Gasteiger partial charge in [-0.05, 0) is 43.7 Å². The minimum absolute atomic E-state index is 0.00596. The van der Waals surface area contributed by atoms with Crippen molar-refractivity contribution in [3.63, 3.8) is 0 Å².